The second-order valence-electron chi connectivity index (χ2n) is 8.47. The summed E-state index contributed by atoms with van der Waals surface area (Å²) in [5.41, 5.74) is 6.63. The average Bonchev–Trinajstić information content (AvgIpc) is 3.41. The van der Waals surface area contributed by atoms with Gasteiger partial charge in [-0.15, -0.1) is 0 Å². The summed E-state index contributed by atoms with van der Waals surface area (Å²) in [4.78, 5) is 0. The van der Waals surface area contributed by atoms with Crippen molar-refractivity contribution in [3.05, 3.63) is 115 Å². The zero-order chi connectivity index (χ0) is 22.6. The molecule has 0 amide bonds. The second kappa shape index (κ2) is 7.22. The van der Waals surface area contributed by atoms with Crippen molar-refractivity contribution in [1.82, 2.24) is 4.57 Å². The van der Waals surface area contributed by atoms with Crippen LogP contribution < -0.4 is 5.32 Å². The van der Waals surface area contributed by atoms with Crippen LogP contribution in [0.15, 0.2) is 114 Å². The van der Waals surface area contributed by atoms with E-state index in [1.807, 2.05) is 54.6 Å². The number of nitrogens with zero attached hydrogens (tertiary/aromatic N) is 1. The average molecular weight is 442 g/mol. The summed E-state index contributed by atoms with van der Waals surface area (Å²) >= 11 is 0. The van der Waals surface area contributed by atoms with Crippen LogP contribution in [0.4, 0.5) is 15.8 Å². The first kappa shape index (κ1) is 18.9. The Hall–Kier alpha value is -4.57. The molecule has 5 aromatic carbocycles. The van der Waals surface area contributed by atoms with Crippen LogP contribution >= 0.6 is 0 Å². The van der Waals surface area contributed by atoms with Crippen molar-refractivity contribution >= 4 is 55.1 Å². The molecule has 0 radical (unpaired) electrons. The normalized spacial score (nSPS) is 11.7. The Morgan fingerprint density at radius 2 is 1.35 bits per heavy atom. The lowest BCUT2D eigenvalue weighted by Gasteiger charge is -2.10. The van der Waals surface area contributed by atoms with Gasteiger partial charge in [-0.25, -0.2) is 4.39 Å². The Balaban J connectivity index is 1.42. The fourth-order valence-electron chi connectivity index (χ4n) is 4.92. The molecule has 7 rings (SSSR count). The quantitative estimate of drug-likeness (QED) is 0.297. The molecule has 3 nitrogen and oxygen atoms in total. The molecule has 0 unspecified atom stereocenters. The summed E-state index contributed by atoms with van der Waals surface area (Å²) in [5.74, 6) is -0.245. The van der Waals surface area contributed by atoms with E-state index in [-0.39, 0.29) is 5.82 Å². The van der Waals surface area contributed by atoms with Gasteiger partial charge in [0, 0.05) is 32.9 Å². The highest BCUT2D eigenvalue weighted by molar-refractivity contribution is 6.11. The molecule has 0 saturated heterocycles. The zero-order valence-electron chi connectivity index (χ0n) is 18.1. The van der Waals surface area contributed by atoms with Crippen molar-refractivity contribution < 1.29 is 8.81 Å². The summed E-state index contributed by atoms with van der Waals surface area (Å²) in [7, 11) is 0. The van der Waals surface area contributed by atoms with E-state index in [4.69, 9.17) is 4.42 Å². The standard InChI is InChI=1S/C30H19FN2O/c31-19-12-15-21(16-13-19)33-27-10-3-1-6-22(27)23-17-14-20(18-28(23)33)32-26-9-5-8-25-24-7-2-4-11-29(24)34-30(25)26/h1-18,32H. The van der Waals surface area contributed by atoms with E-state index in [0.29, 0.717) is 0 Å². The molecule has 0 saturated carbocycles. The van der Waals surface area contributed by atoms with E-state index in [1.54, 1.807) is 0 Å². The van der Waals surface area contributed by atoms with Crippen molar-refractivity contribution in [1.29, 1.82) is 0 Å². The number of para-hydroxylation sites is 3. The van der Waals surface area contributed by atoms with Crippen molar-refractivity contribution in [2.75, 3.05) is 5.32 Å². The molecule has 7 aromatic rings. The third-order valence-corrected chi connectivity index (χ3v) is 6.44. The number of hydrogen-bond donors (Lipinski definition) is 1. The van der Waals surface area contributed by atoms with E-state index < -0.39 is 0 Å². The summed E-state index contributed by atoms with van der Waals surface area (Å²) in [6, 6.07) is 35.5. The van der Waals surface area contributed by atoms with Gasteiger partial charge in [0.05, 0.1) is 16.7 Å². The molecule has 0 spiro atoms. The van der Waals surface area contributed by atoms with Crippen LogP contribution in [0.3, 0.4) is 0 Å². The largest absolute Gasteiger partial charge is 0.454 e. The maximum atomic E-state index is 13.6. The number of anilines is 2. The molecule has 0 fully saturated rings. The van der Waals surface area contributed by atoms with Gasteiger partial charge in [0.15, 0.2) is 5.58 Å². The van der Waals surface area contributed by atoms with Crippen LogP contribution in [0.25, 0.3) is 49.4 Å². The minimum atomic E-state index is -0.245. The van der Waals surface area contributed by atoms with Gasteiger partial charge in [0.1, 0.15) is 11.4 Å². The van der Waals surface area contributed by atoms with Gasteiger partial charge in [-0.05, 0) is 54.6 Å². The molecule has 0 aliphatic heterocycles. The number of benzene rings is 5. The van der Waals surface area contributed by atoms with Crippen molar-refractivity contribution in [2.24, 2.45) is 0 Å². The van der Waals surface area contributed by atoms with Crippen LogP contribution in [-0.4, -0.2) is 4.57 Å². The number of nitrogens with one attached hydrogen (secondary N) is 1. The summed E-state index contributed by atoms with van der Waals surface area (Å²) in [6.07, 6.45) is 0. The van der Waals surface area contributed by atoms with Gasteiger partial charge in [-0.3, -0.25) is 0 Å². The highest BCUT2D eigenvalue weighted by Gasteiger charge is 2.14. The maximum absolute atomic E-state index is 13.6. The van der Waals surface area contributed by atoms with Crippen molar-refractivity contribution in [3.8, 4) is 5.69 Å². The topological polar surface area (TPSA) is 30.1 Å². The summed E-state index contributed by atoms with van der Waals surface area (Å²) in [6.45, 7) is 0. The van der Waals surface area contributed by atoms with Gasteiger partial charge in [0.2, 0.25) is 0 Å². The van der Waals surface area contributed by atoms with Gasteiger partial charge in [-0.2, -0.15) is 0 Å². The number of halogens is 1. The molecule has 0 aliphatic carbocycles. The molecular formula is C30H19FN2O. The second-order valence-corrected chi connectivity index (χ2v) is 8.47. The Morgan fingerprint density at radius 3 is 2.24 bits per heavy atom. The summed E-state index contributed by atoms with van der Waals surface area (Å²) < 4.78 is 22.0. The number of fused-ring (bicyclic) bond motifs is 6. The van der Waals surface area contributed by atoms with E-state index in [0.717, 1.165) is 60.8 Å². The minimum absolute atomic E-state index is 0.245. The predicted molar refractivity (Wildman–Crippen MR) is 138 cm³/mol. The van der Waals surface area contributed by atoms with E-state index in [2.05, 4.69) is 52.3 Å². The first-order chi connectivity index (χ1) is 16.8. The molecule has 1 N–H and O–H groups in total. The van der Waals surface area contributed by atoms with Crippen LogP contribution in [0.1, 0.15) is 0 Å². The van der Waals surface area contributed by atoms with Gasteiger partial charge in [0.25, 0.3) is 0 Å². The van der Waals surface area contributed by atoms with E-state index in [1.165, 1.54) is 12.1 Å². The molecule has 0 bridgehead atoms. The molecule has 0 atom stereocenters. The number of hydrogen-bond acceptors (Lipinski definition) is 2. The Kier molecular flexibility index (Phi) is 4.02. The predicted octanol–water partition coefficient (Wildman–Crippen LogP) is 8.57. The van der Waals surface area contributed by atoms with Gasteiger partial charge in [-0.1, -0.05) is 54.6 Å². The first-order valence-electron chi connectivity index (χ1n) is 11.2. The molecule has 4 heteroatoms. The van der Waals surface area contributed by atoms with Crippen LogP contribution in [0, 0.1) is 5.82 Å². The lowest BCUT2D eigenvalue weighted by atomic mass is 10.1. The van der Waals surface area contributed by atoms with Crippen LogP contribution in [0.2, 0.25) is 0 Å². The third-order valence-electron chi connectivity index (χ3n) is 6.44. The van der Waals surface area contributed by atoms with Crippen LogP contribution in [-0.2, 0) is 0 Å². The molecule has 0 aliphatic rings. The zero-order valence-corrected chi connectivity index (χ0v) is 18.1. The molecule has 2 heterocycles. The Bertz CT molecular complexity index is 1840. The molecule has 162 valence electrons. The summed E-state index contributed by atoms with van der Waals surface area (Å²) in [5, 5.41) is 8.06. The molecular weight excluding hydrogens is 423 g/mol. The number of aromatic nitrogens is 1. The first-order valence-corrected chi connectivity index (χ1v) is 11.2. The Morgan fingerprint density at radius 1 is 0.618 bits per heavy atom. The highest BCUT2D eigenvalue weighted by Crippen LogP contribution is 2.37. The fraction of sp³-hybridized carbons (Fsp3) is 0. The third kappa shape index (κ3) is 2.82. The molecule has 34 heavy (non-hydrogen) atoms. The van der Waals surface area contributed by atoms with Crippen molar-refractivity contribution in [3.63, 3.8) is 0 Å². The number of rotatable bonds is 3. The monoisotopic (exact) mass is 442 g/mol. The van der Waals surface area contributed by atoms with Gasteiger partial charge < -0.3 is 14.3 Å². The Labute approximate surface area is 194 Å². The van der Waals surface area contributed by atoms with Gasteiger partial charge >= 0.3 is 0 Å². The van der Waals surface area contributed by atoms with Crippen LogP contribution in [0.5, 0.6) is 0 Å². The van der Waals surface area contributed by atoms with E-state index >= 15 is 0 Å². The van der Waals surface area contributed by atoms with E-state index in [9.17, 15) is 4.39 Å². The molecule has 2 aromatic heterocycles. The lowest BCUT2D eigenvalue weighted by Crippen LogP contribution is -1.95. The fourth-order valence-corrected chi connectivity index (χ4v) is 4.92. The smallest absolute Gasteiger partial charge is 0.158 e. The maximum Gasteiger partial charge on any atom is 0.158 e. The highest BCUT2D eigenvalue weighted by atomic mass is 19.1. The number of furan rings is 1. The minimum Gasteiger partial charge on any atom is -0.454 e. The SMILES string of the molecule is Fc1ccc(-n2c3ccccc3c3ccc(Nc4cccc5c4oc4ccccc45)cc32)cc1. The lowest BCUT2D eigenvalue weighted by molar-refractivity contribution is 0.627. The van der Waals surface area contributed by atoms with Crippen molar-refractivity contribution in [2.45, 2.75) is 0 Å².